The highest BCUT2D eigenvalue weighted by atomic mass is 15.2. The van der Waals surface area contributed by atoms with E-state index in [0.29, 0.717) is 12.1 Å². The van der Waals surface area contributed by atoms with Crippen molar-refractivity contribution in [3.8, 4) is 12.3 Å². The van der Waals surface area contributed by atoms with Crippen LogP contribution >= 0.6 is 0 Å². The second-order valence-corrected chi connectivity index (χ2v) is 4.34. The van der Waals surface area contributed by atoms with Gasteiger partial charge in [0, 0.05) is 31.6 Å². The van der Waals surface area contributed by atoms with E-state index in [9.17, 15) is 0 Å². The van der Waals surface area contributed by atoms with Crippen LogP contribution in [0.4, 0.5) is 0 Å². The van der Waals surface area contributed by atoms with Crippen molar-refractivity contribution >= 4 is 0 Å². The van der Waals surface area contributed by atoms with Gasteiger partial charge < -0.3 is 5.32 Å². The Balaban J connectivity index is 2.30. The molecular weight excluding hydrogens is 172 g/mol. The lowest BCUT2D eigenvalue weighted by Crippen LogP contribution is -2.41. The van der Waals surface area contributed by atoms with E-state index >= 15 is 0 Å². The van der Waals surface area contributed by atoms with E-state index < -0.39 is 0 Å². The summed E-state index contributed by atoms with van der Waals surface area (Å²) in [6.07, 6.45) is 8.80. The standard InChI is InChI=1S/C12H22N2/c1-4-5-9-14(11(2)3)10-12-7-6-8-13-12/h1,11-13H,5-10H2,2-3H3. The van der Waals surface area contributed by atoms with Crippen LogP contribution in [0.15, 0.2) is 0 Å². The van der Waals surface area contributed by atoms with Gasteiger partial charge >= 0.3 is 0 Å². The summed E-state index contributed by atoms with van der Waals surface area (Å²) in [4.78, 5) is 2.48. The summed E-state index contributed by atoms with van der Waals surface area (Å²) in [6, 6.07) is 1.29. The molecule has 1 saturated heterocycles. The molecule has 1 fully saturated rings. The molecule has 1 N–H and O–H groups in total. The lowest BCUT2D eigenvalue weighted by atomic mass is 10.2. The maximum absolute atomic E-state index is 5.29. The zero-order chi connectivity index (χ0) is 10.4. The van der Waals surface area contributed by atoms with Crippen LogP contribution in [-0.2, 0) is 0 Å². The van der Waals surface area contributed by atoms with Crippen molar-refractivity contribution < 1.29 is 0 Å². The van der Waals surface area contributed by atoms with Gasteiger partial charge in [0.05, 0.1) is 0 Å². The molecule has 1 heterocycles. The van der Waals surface area contributed by atoms with Crippen molar-refractivity contribution in [1.82, 2.24) is 10.2 Å². The summed E-state index contributed by atoms with van der Waals surface area (Å²) in [5.41, 5.74) is 0. The first-order chi connectivity index (χ1) is 6.74. The molecule has 0 aromatic rings. The Labute approximate surface area is 88.1 Å². The van der Waals surface area contributed by atoms with Gasteiger partial charge in [-0.2, -0.15) is 0 Å². The van der Waals surface area contributed by atoms with Crippen LogP contribution in [0.25, 0.3) is 0 Å². The molecule has 1 rings (SSSR count). The zero-order valence-corrected chi connectivity index (χ0v) is 9.42. The molecule has 0 saturated carbocycles. The van der Waals surface area contributed by atoms with Gasteiger partial charge in [0.2, 0.25) is 0 Å². The van der Waals surface area contributed by atoms with E-state index in [0.717, 1.165) is 19.5 Å². The molecule has 1 aliphatic rings. The Morgan fingerprint density at radius 2 is 2.36 bits per heavy atom. The Morgan fingerprint density at radius 1 is 1.57 bits per heavy atom. The molecule has 0 aliphatic carbocycles. The fraction of sp³-hybridized carbons (Fsp3) is 0.833. The minimum Gasteiger partial charge on any atom is -0.313 e. The highest BCUT2D eigenvalue weighted by Crippen LogP contribution is 2.09. The normalized spacial score (nSPS) is 21.8. The van der Waals surface area contributed by atoms with Crippen LogP contribution in [-0.4, -0.2) is 36.6 Å². The highest BCUT2D eigenvalue weighted by Gasteiger charge is 2.18. The van der Waals surface area contributed by atoms with Gasteiger partial charge in [0.25, 0.3) is 0 Å². The maximum atomic E-state index is 5.29. The summed E-state index contributed by atoms with van der Waals surface area (Å²) in [7, 11) is 0. The molecule has 0 bridgehead atoms. The fourth-order valence-electron chi connectivity index (χ4n) is 1.96. The molecular formula is C12H22N2. The Kier molecular flexibility index (Phi) is 5.00. The summed E-state index contributed by atoms with van der Waals surface area (Å²) >= 11 is 0. The molecule has 0 aromatic carbocycles. The molecule has 0 spiro atoms. The van der Waals surface area contributed by atoms with Crippen LogP contribution in [0, 0.1) is 12.3 Å². The van der Waals surface area contributed by atoms with Gasteiger partial charge in [-0.15, -0.1) is 12.3 Å². The Hall–Kier alpha value is -0.520. The van der Waals surface area contributed by atoms with Crippen LogP contribution in [0.2, 0.25) is 0 Å². The average Bonchev–Trinajstić information content (AvgIpc) is 2.64. The average molecular weight is 194 g/mol. The molecule has 0 radical (unpaired) electrons. The molecule has 0 aromatic heterocycles. The van der Waals surface area contributed by atoms with Crippen LogP contribution in [0.5, 0.6) is 0 Å². The second-order valence-electron chi connectivity index (χ2n) is 4.34. The molecule has 1 unspecified atom stereocenters. The molecule has 2 nitrogen and oxygen atoms in total. The lowest BCUT2D eigenvalue weighted by Gasteiger charge is -2.28. The van der Waals surface area contributed by atoms with Gasteiger partial charge in [-0.1, -0.05) is 0 Å². The number of nitrogens with one attached hydrogen (secondary N) is 1. The van der Waals surface area contributed by atoms with Crippen LogP contribution < -0.4 is 5.32 Å². The monoisotopic (exact) mass is 194 g/mol. The minimum absolute atomic E-state index is 0.603. The molecule has 80 valence electrons. The van der Waals surface area contributed by atoms with E-state index in [4.69, 9.17) is 6.42 Å². The summed E-state index contributed by atoms with van der Waals surface area (Å²) in [5, 5.41) is 3.53. The third-order valence-corrected chi connectivity index (χ3v) is 2.89. The topological polar surface area (TPSA) is 15.3 Å². The number of terminal acetylenes is 1. The van der Waals surface area contributed by atoms with Gasteiger partial charge in [-0.05, 0) is 33.2 Å². The molecule has 1 atom stereocenters. The molecule has 0 amide bonds. The van der Waals surface area contributed by atoms with Crippen LogP contribution in [0.3, 0.4) is 0 Å². The number of hydrogen-bond donors (Lipinski definition) is 1. The zero-order valence-electron chi connectivity index (χ0n) is 9.42. The summed E-state index contributed by atoms with van der Waals surface area (Å²) < 4.78 is 0. The summed E-state index contributed by atoms with van der Waals surface area (Å²) in [6.45, 7) is 7.86. The van der Waals surface area contributed by atoms with Crippen molar-refractivity contribution in [2.45, 2.75) is 45.2 Å². The first-order valence-electron chi connectivity index (χ1n) is 5.65. The number of nitrogens with zero attached hydrogens (tertiary/aromatic N) is 1. The maximum Gasteiger partial charge on any atom is 0.0214 e. The predicted octanol–water partition coefficient (Wildman–Crippen LogP) is 1.47. The van der Waals surface area contributed by atoms with E-state index in [-0.39, 0.29) is 0 Å². The predicted molar refractivity (Wildman–Crippen MR) is 61.2 cm³/mol. The molecule has 1 aliphatic heterocycles. The molecule has 2 heteroatoms. The number of rotatable bonds is 5. The van der Waals surface area contributed by atoms with Crippen LogP contribution in [0.1, 0.15) is 33.1 Å². The SMILES string of the molecule is C#CCCN(CC1CCCN1)C(C)C. The Morgan fingerprint density at radius 3 is 2.86 bits per heavy atom. The first kappa shape index (κ1) is 11.6. The first-order valence-corrected chi connectivity index (χ1v) is 5.65. The lowest BCUT2D eigenvalue weighted by molar-refractivity contribution is 0.207. The van der Waals surface area contributed by atoms with Gasteiger partial charge in [-0.3, -0.25) is 4.90 Å². The van der Waals surface area contributed by atoms with Crippen molar-refractivity contribution in [2.24, 2.45) is 0 Å². The van der Waals surface area contributed by atoms with E-state index in [1.54, 1.807) is 0 Å². The fourth-order valence-corrected chi connectivity index (χ4v) is 1.96. The summed E-state index contributed by atoms with van der Waals surface area (Å²) in [5.74, 6) is 2.72. The largest absolute Gasteiger partial charge is 0.313 e. The molecule has 14 heavy (non-hydrogen) atoms. The second kappa shape index (κ2) is 6.06. The van der Waals surface area contributed by atoms with E-state index in [2.05, 4.69) is 30.0 Å². The third-order valence-electron chi connectivity index (χ3n) is 2.89. The van der Waals surface area contributed by atoms with Crippen molar-refractivity contribution in [3.05, 3.63) is 0 Å². The van der Waals surface area contributed by atoms with Gasteiger partial charge in [0.1, 0.15) is 0 Å². The number of hydrogen-bond acceptors (Lipinski definition) is 2. The van der Waals surface area contributed by atoms with E-state index in [1.807, 2.05) is 0 Å². The van der Waals surface area contributed by atoms with Crippen molar-refractivity contribution in [1.29, 1.82) is 0 Å². The third kappa shape index (κ3) is 3.69. The van der Waals surface area contributed by atoms with Crippen molar-refractivity contribution in [2.75, 3.05) is 19.6 Å². The van der Waals surface area contributed by atoms with Crippen molar-refractivity contribution in [3.63, 3.8) is 0 Å². The highest BCUT2D eigenvalue weighted by molar-refractivity contribution is 4.86. The van der Waals surface area contributed by atoms with Gasteiger partial charge in [-0.25, -0.2) is 0 Å². The Bertz CT molecular complexity index is 187. The minimum atomic E-state index is 0.603. The van der Waals surface area contributed by atoms with E-state index in [1.165, 1.54) is 19.4 Å². The smallest absolute Gasteiger partial charge is 0.0214 e. The quantitative estimate of drug-likeness (QED) is 0.667. The van der Waals surface area contributed by atoms with Gasteiger partial charge in [0.15, 0.2) is 0 Å².